The Labute approximate surface area is 195 Å². The maximum atomic E-state index is 13.4. The molecule has 1 spiro atoms. The lowest BCUT2D eigenvalue weighted by atomic mass is 9.44. The number of esters is 1. The second-order valence-electron chi connectivity index (χ2n) is 11.5. The summed E-state index contributed by atoms with van der Waals surface area (Å²) in [5.74, 6) is 0.214. The topological polar surface area (TPSA) is 73.0 Å². The molecular weight excluding hydrogens is 428 g/mol. The summed E-state index contributed by atoms with van der Waals surface area (Å²) >= 11 is 6.13. The van der Waals surface area contributed by atoms with Gasteiger partial charge in [0.1, 0.15) is 5.60 Å². The van der Waals surface area contributed by atoms with E-state index in [2.05, 4.69) is 27.7 Å². The van der Waals surface area contributed by atoms with Gasteiger partial charge in [0, 0.05) is 29.6 Å². The lowest BCUT2D eigenvalue weighted by Gasteiger charge is -2.58. The first-order valence-electron chi connectivity index (χ1n) is 12.3. The quantitative estimate of drug-likeness (QED) is 0.345. The number of Topliss-reactive ketones (excluding diaryl/α,β-unsaturated/α-hetero) is 1. The number of halogens is 1. The monoisotopic (exact) mass is 462 g/mol. The minimum Gasteiger partial charge on any atom is -0.450 e. The molecule has 0 aromatic carbocycles. The van der Waals surface area contributed by atoms with Crippen molar-refractivity contribution in [3.8, 4) is 0 Å². The van der Waals surface area contributed by atoms with Gasteiger partial charge in [-0.05, 0) is 49.5 Å². The normalized spacial score (nSPS) is 51.0. The van der Waals surface area contributed by atoms with Crippen molar-refractivity contribution in [1.29, 1.82) is 0 Å². The lowest BCUT2D eigenvalue weighted by molar-refractivity contribution is -0.191. The summed E-state index contributed by atoms with van der Waals surface area (Å²) in [4.78, 5) is 38.3. The van der Waals surface area contributed by atoms with E-state index in [9.17, 15) is 14.4 Å². The van der Waals surface area contributed by atoms with Gasteiger partial charge in [-0.1, -0.05) is 40.2 Å². The molecule has 1 aliphatic heterocycles. The van der Waals surface area contributed by atoms with Crippen molar-refractivity contribution in [3.05, 3.63) is 11.6 Å². The number of rotatable bonds is 4. The number of hydrogen-bond donors (Lipinski definition) is 0. The van der Waals surface area contributed by atoms with E-state index < -0.39 is 11.0 Å². The summed E-state index contributed by atoms with van der Waals surface area (Å²) < 4.78 is 12.8. The second kappa shape index (κ2) is 6.91. The summed E-state index contributed by atoms with van der Waals surface area (Å²) in [6.45, 7) is 10.5. The van der Waals surface area contributed by atoms with Crippen LogP contribution < -0.4 is 0 Å². The van der Waals surface area contributed by atoms with Crippen LogP contribution in [-0.4, -0.2) is 40.7 Å². The molecule has 3 saturated carbocycles. The zero-order valence-corrected chi connectivity index (χ0v) is 20.6. The van der Waals surface area contributed by atoms with Crippen molar-refractivity contribution in [2.75, 3.05) is 5.88 Å². The lowest BCUT2D eigenvalue weighted by Crippen LogP contribution is -2.64. The van der Waals surface area contributed by atoms with E-state index in [0.29, 0.717) is 18.8 Å². The van der Waals surface area contributed by atoms with Crippen LogP contribution in [0.4, 0.5) is 0 Å². The smallest absolute Gasteiger partial charge is 0.306 e. The molecule has 3 unspecified atom stereocenters. The Balaban J connectivity index is 1.62. The van der Waals surface area contributed by atoms with Gasteiger partial charge in [0.2, 0.25) is 0 Å². The number of alkyl halides is 1. The van der Waals surface area contributed by atoms with Crippen molar-refractivity contribution in [2.45, 2.75) is 90.4 Å². The van der Waals surface area contributed by atoms with E-state index in [-0.39, 0.29) is 64.7 Å². The summed E-state index contributed by atoms with van der Waals surface area (Å²) in [6.07, 6.45) is 5.97. The first kappa shape index (κ1) is 22.6. The zero-order valence-electron chi connectivity index (χ0n) is 19.8. The van der Waals surface area contributed by atoms with Crippen molar-refractivity contribution in [2.24, 2.45) is 34.5 Å². The van der Waals surface area contributed by atoms with Crippen molar-refractivity contribution < 1.29 is 23.9 Å². The Bertz CT molecular complexity index is 927. The summed E-state index contributed by atoms with van der Waals surface area (Å²) in [7, 11) is 0. The van der Waals surface area contributed by atoms with Crippen molar-refractivity contribution in [1.82, 2.24) is 0 Å². The van der Waals surface area contributed by atoms with Crippen LogP contribution in [0.15, 0.2) is 11.6 Å². The fourth-order valence-electron chi connectivity index (χ4n) is 8.95. The van der Waals surface area contributed by atoms with Gasteiger partial charge < -0.3 is 9.47 Å². The third-order valence-corrected chi connectivity index (χ3v) is 10.5. The number of ketones is 2. The third kappa shape index (κ3) is 2.43. The molecule has 0 bridgehead atoms. The molecule has 4 aliphatic carbocycles. The van der Waals surface area contributed by atoms with Gasteiger partial charge in [-0.2, -0.15) is 0 Å². The van der Waals surface area contributed by atoms with E-state index in [1.54, 1.807) is 6.92 Å². The van der Waals surface area contributed by atoms with Crippen LogP contribution >= 0.6 is 11.6 Å². The van der Waals surface area contributed by atoms with Crippen LogP contribution in [0.1, 0.15) is 73.1 Å². The molecule has 32 heavy (non-hydrogen) atoms. The van der Waals surface area contributed by atoms with Gasteiger partial charge in [-0.15, -0.1) is 11.6 Å². The summed E-state index contributed by atoms with van der Waals surface area (Å²) in [6, 6.07) is 0. The molecule has 176 valence electrons. The average Bonchev–Trinajstić information content (AvgIpc) is 3.43. The van der Waals surface area contributed by atoms with Crippen LogP contribution in [0.5, 0.6) is 0 Å². The molecule has 1 saturated heterocycles. The minimum absolute atomic E-state index is 0.0102. The number of fused-ring (bicyclic) bond motifs is 3. The van der Waals surface area contributed by atoms with Crippen LogP contribution in [0.3, 0.4) is 0 Å². The Morgan fingerprint density at radius 1 is 1.22 bits per heavy atom. The van der Waals surface area contributed by atoms with Crippen molar-refractivity contribution in [3.63, 3.8) is 0 Å². The first-order valence-corrected chi connectivity index (χ1v) is 12.8. The molecule has 9 atom stereocenters. The largest absolute Gasteiger partial charge is 0.450 e. The van der Waals surface area contributed by atoms with E-state index in [4.69, 9.17) is 21.1 Å². The molecule has 5 nitrogen and oxygen atoms in total. The zero-order chi connectivity index (χ0) is 23.3. The van der Waals surface area contributed by atoms with Gasteiger partial charge in [-0.25, -0.2) is 0 Å². The summed E-state index contributed by atoms with van der Waals surface area (Å²) in [5, 5.41) is 0. The third-order valence-electron chi connectivity index (χ3n) is 10.3. The van der Waals surface area contributed by atoms with E-state index >= 15 is 0 Å². The minimum atomic E-state index is -1.20. The molecule has 5 rings (SSSR count). The van der Waals surface area contributed by atoms with Crippen LogP contribution in [0.25, 0.3) is 0 Å². The maximum absolute atomic E-state index is 13.4. The second-order valence-corrected chi connectivity index (χ2v) is 11.8. The maximum Gasteiger partial charge on any atom is 0.306 e. The highest BCUT2D eigenvalue weighted by Crippen LogP contribution is 2.78. The molecule has 6 heteroatoms. The fraction of sp³-hybridized carbons (Fsp3) is 0.808. The van der Waals surface area contributed by atoms with Gasteiger partial charge in [0.25, 0.3) is 0 Å². The number of carbonyl (C=O) groups is 3. The highest BCUT2D eigenvalue weighted by Gasteiger charge is 2.83. The van der Waals surface area contributed by atoms with Crippen LogP contribution in [0.2, 0.25) is 0 Å². The van der Waals surface area contributed by atoms with Crippen molar-refractivity contribution >= 4 is 29.1 Å². The van der Waals surface area contributed by atoms with Gasteiger partial charge in [0.15, 0.2) is 17.2 Å². The molecule has 0 aromatic heterocycles. The Morgan fingerprint density at radius 3 is 2.59 bits per heavy atom. The number of epoxide rings is 1. The molecular formula is C26H35ClO5. The molecule has 1 heterocycles. The molecule has 0 amide bonds. The Morgan fingerprint density at radius 2 is 1.94 bits per heavy atom. The molecule has 0 radical (unpaired) electrons. The number of ether oxygens (including phenoxy) is 2. The van der Waals surface area contributed by atoms with Gasteiger partial charge >= 0.3 is 5.97 Å². The highest BCUT2D eigenvalue weighted by atomic mass is 35.5. The molecule has 4 fully saturated rings. The van der Waals surface area contributed by atoms with Gasteiger partial charge in [0.05, 0.1) is 12.0 Å². The van der Waals surface area contributed by atoms with E-state index in [1.807, 2.05) is 6.08 Å². The van der Waals surface area contributed by atoms with Crippen LogP contribution in [0, 0.1) is 34.5 Å². The standard InChI is InChI=1S/C26H35ClO5/c1-6-22(30)32-25(20(29)13-27)15(3)10-18-19-9-14(2)17-11-16(28)7-8-23(17,4)26(19)21(31-26)12-24(18,25)5/h11,14-15,18-19,21H,6-10,12-13H2,1-5H3/t14?,15?,18-,19-,21?,23-,24-,25-,26-/m0/s1. The highest BCUT2D eigenvalue weighted by molar-refractivity contribution is 6.29. The molecule has 0 N–H and O–H groups in total. The average molecular weight is 463 g/mol. The van der Waals surface area contributed by atoms with Gasteiger partial charge in [-0.3, -0.25) is 14.4 Å². The SMILES string of the molecule is CCC(=O)O[C@]1(C(=O)CCl)C(C)C[C@H]2[C@@H]3CC(C)C4=CC(=O)CC[C@]4(C)[C@]34OC4C[C@@]21C. The predicted molar refractivity (Wildman–Crippen MR) is 120 cm³/mol. The van der Waals surface area contributed by atoms with Crippen LogP contribution in [-0.2, 0) is 23.9 Å². The number of carbonyl (C=O) groups excluding carboxylic acids is 3. The Kier molecular flexibility index (Phi) is 4.88. The fourth-order valence-corrected chi connectivity index (χ4v) is 9.15. The summed E-state index contributed by atoms with van der Waals surface area (Å²) in [5.41, 5.74) is -0.888. The molecule has 5 aliphatic rings. The first-order chi connectivity index (χ1) is 15.0. The van der Waals surface area contributed by atoms with E-state index in [0.717, 1.165) is 19.3 Å². The number of hydrogen-bond acceptors (Lipinski definition) is 5. The van der Waals surface area contributed by atoms with E-state index in [1.165, 1.54) is 5.57 Å². The predicted octanol–water partition coefficient (Wildman–Crippen LogP) is 4.64. The molecule has 0 aromatic rings. The Hall–Kier alpha value is -1.20.